The second-order valence-corrected chi connectivity index (χ2v) is 9.76. The number of hydrogen-bond acceptors (Lipinski definition) is 7. The maximum absolute atomic E-state index is 13.4. The molecule has 0 bridgehead atoms. The molecule has 182 valence electrons. The number of nitrogens with zero attached hydrogens (tertiary/aromatic N) is 2. The predicted molar refractivity (Wildman–Crippen MR) is 123 cm³/mol. The summed E-state index contributed by atoms with van der Waals surface area (Å²) in [6.45, 7) is 9.92. The van der Waals surface area contributed by atoms with Crippen molar-refractivity contribution in [3.63, 3.8) is 0 Å². The van der Waals surface area contributed by atoms with Gasteiger partial charge in [-0.2, -0.15) is 0 Å². The number of rotatable bonds is 6. The summed E-state index contributed by atoms with van der Waals surface area (Å²) in [5.41, 5.74) is 4.71. The molecule has 1 atom stereocenters. The van der Waals surface area contributed by atoms with E-state index in [-0.39, 0.29) is 36.0 Å². The van der Waals surface area contributed by atoms with E-state index in [1.165, 1.54) is 0 Å². The Morgan fingerprint density at radius 3 is 2.38 bits per heavy atom. The number of carbonyl (C=O) groups excluding carboxylic acids is 3. The second kappa shape index (κ2) is 8.82. The Balaban J connectivity index is 1.26. The lowest BCUT2D eigenvalue weighted by molar-refractivity contribution is -0.138. The fourth-order valence-electron chi connectivity index (χ4n) is 5.85. The van der Waals surface area contributed by atoms with Gasteiger partial charge in [-0.1, -0.05) is 6.07 Å². The van der Waals surface area contributed by atoms with Gasteiger partial charge < -0.3 is 24.0 Å². The highest BCUT2D eigenvalue weighted by atomic mass is 16.5. The zero-order chi connectivity index (χ0) is 24.0. The van der Waals surface area contributed by atoms with Gasteiger partial charge in [-0.15, -0.1) is 0 Å². The van der Waals surface area contributed by atoms with Crippen molar-refractivity contribution < 1.29 is 28.6 Å². The monoisotopic (exact) mass is 468 g/mol. The van der Waals surface area contributed by atoms with E-state index in [1.807, 2.05) is 26.0 Å². The summed E-state index contributed by atoms with van der Waals surface area (Å²) in [6, 6.07) is 3.84. The maximum atomic E-state index is 13.4. The van der Waals surface area contributed by atoms with Crippen LogP contribution in [0.5, 0.6) is 0 Å². The van der Waals surface area contributed by atoms with Crippen molar-refractivity contribution in [3.05, 3.63) is 45.7 Å². The molecule has 4 heterocycles. The van der Waals surface area contributed by atoms with Crippen LogP contribution in [0.2, 0.25) is 0 Å². The molecule has 5 rings (SSSR count). The molecular weight excluding hydrogens is 436 g/mol. The summed E-state index contributed by atoms with van der Waals surface area (Å²) in [7, 11) is 0. The Morgan fingerprint density at radius 1 is 1.00 bits per heavy atom. The Hall–Kier alpha value is -2.71. The van der Waals surface area contributed by atoms with Crippen LogP contribution in [0.3, 0.4) is 0 Å². The number of piperidine rings is 1. The summed E-state index contributed by atoms with van der Waals surface area (Å²) in [5.74, 6) is -0.438. The SMILES string of the molecule is CCO[C@@H](CN1CCC2(CC1)CCN(C1=C(C)C(=O)OC1)C2=O)c1ccc2c(c1C)COC2=O. The summed E-state index contributed by atoms with van der Waals surface area (Å²) >= 11 is 0. The molecule has 8 heteroatoms. The number of carbonyl (C=O) groups is 3. The van der Waals surface area contributed by atoms with Crippen molar-refractivity contribution in [1.82, 2.24) is 9.80 Å². The zero-order valence-electron chi connectivity index (χ0n) is 20.1. The van der Waals surface area contributed by atoms with Gasteiger partial charge in [-0.05, 0) is 70.3 Å². The smallest absolute Gasteiger partial charge is 0.338 e. The third-order valence-corrected chi connectivity index (χ3v) is 8.08. The summed E-state index contributed by atoms with van der Waals surface area (Å²) in [4.78, 5) is 41.2. The van der Waals surface area contributed by atoms with E-state index in [1.54, 1.807) is 11.8 Å². The average molecular weight is 469 g/mol. The lowest BCUT2D eigenvalue weighted by Crippen LogP contribution is -2.45. The van der Waals surface area contributed by atoms with Gasteiger partial charge in [0.05, 0.1) is 28.4 Å². The van der Waals surface area contributed by atoms with Crippen LogP contribution in [0.25, 0.3) is 0 Å². The zero-order valence-corrected chi connectivity index (χ0v) is 20.1. The van der Waals surface area contributed by atoms with Gasteiger partial charge in [0.1, 0.15) is 13.2 Å². The first-order chi connectivity index (χ1) is 16.3. The molecule has 0 unspecified atom stereocenters. The molecule has 2 saturated heterocycles. The first-order valence-electron chi connectivity index (χ1n) is 12.2. The number of amides is 1. The minimum Gasteiger partial charge on any atom is -0.457 e. The van der Waals surface area contributed by atoms with Crippen LogP contribution in [0.1, 0.15) is 66.3 Å². The van der Waals surface area contributed by atoms with Gasteiger partial charge >= 0.3 is 11.9 Å². The highest BCUT2D eigenvalue weighted by Gasteiger charge is 2.50. The number of esters is 2. The van der Waals surface area contributed by atoms with Crippen molar-refractivity contribution >= 4 is 17.8 Å². The van der Waals surface area contributed by atoms with Crippen LogP contribution in [-0.4, -0.2) is 67.0 Å². The molecule has 4 aliphatic rings. The number of ether oxygens (including phenoxy) is 3. The van der Waals surface area contributed by atoms with Crippen LogP contribution in [0.15, 0.2) is 23.4 Å². The first-order valence-corrected chi connectivity index (χ1v) is 12.2. The van der Waals surface area contributed by atoms with Crippen molar-refractivity contribution in [2.75, 3.05) is 39.4 Å². The first kappa shape index (κ1) is 23.1. The number of cyclic esters (lactones) is 2. The van der Waals surface area contributed by atoms with Crippen molar-refractivity contribution in [2.24, 2.45) is 5.41 Å². The van der Waals surface area contributed by atoms with Crippen LogP contribution >= 0.6 is 0 Å². The predicted octanol–water partition coefficient (Wildman–Crippen LogP) is 2.89. The van der Waals surface area contributed by atoms with Gasteiger partial charge in [0.15, 0.2) is 0 Å². The van der Waals surface area contributed by atoms with E-state index in [4.69, 9.17) is 14.2 Å². The topological polar surface area (TPSA) is 85.4 Å². The fraction of sp³-hybridized carbons (Fsp3) is 0.577. The summed E-state index contributed by atoms with van der Waals surface area (Å²) in [5, 5.41) is 0. The molecule has 34 heavy (non-hydrogen) atoms. The van der Waals surface area contributed by atoms with Crippen LogP contribution in [-0.2, 0) is 30.4 Å². The van der Waals surface area contributed by atoms with Crippen molar-refractivity contribution in [2.45, 2.75) is 52.7 Å². The molecule has 0 aromatic heterocycles. The molecule has 0 radical (unpaired) electrons. The van der Waals surface area contributed by atoms with Gasteiger partial charge in [0.2, 0.25) is 5.91 Å². The average Bonchev–Trinajstić information content (AvgIpc) is 3.47. The molecule has 1 amide bonds. The summed E-state index contributed by atoms with van der Waals surface area (Å²) in [6.07, 6.45) is 2.31. The molecule has 0 N–H and O–H groups in total. The highest BCUT2D eigenvalue weighted by molar-refractivity contribution is 5.94. The molecule has 8 nitrogen and oxygen atoms in total. The van der Waals surface area contributed by atoms with E-state index < -0.39 is 0 Å². The highest BCUT2D eigenvalue weighted by Crippen LogP contribution is 2.44. The Labute approximate surface area is 199 Å². The largest absolute Gasteiger partial charge is 0.457 e. The van der Waals surface area contributed by atoms with E-state index in [9.17, 15) is 14.4 Å². The minimum atomic E-state index is -0.349. The van der Waals surface area contributed by atoms with E-state index in [2.05, 4.69) is 4.90 Å². The molecule has 0 saturated carbocycles. The minimum absolute atomic E-state index is 0.106. The maximum Gasteiger partial charge on any atom is 0.338 e. The molecule has 1 aromatic carbocycles. The molecule has 2 fully saturated rings. The third-order valence-electron chi connectivity index (χ3n) is 8.08. The van der Waals surface area contributed by atoms with Crippen LogP contribution in [0.4, 0.5) is 0 Å². The molecule has 1 spiro atoms. The van der Waals surface area contributed by atoms with E-state index in [0.29, 0.717) is 30.9 Å². The number of fused-ring (bicyclic) bond motifs is 1. The molecule has 4 aliphatic heterocycles. The number of likely N-dealkylation sites (tertiary alicyclic amines) is 2. The lowest BCUT2D eigenvalue weighted by Gasteiger charge is -2.39. The fourth-order valence-corrected chi connectivity index (χ4v) is 5.85. The van der Waals surface area contributed by atoms with Crippen molar-refractivity contribution in [3.8, 4) is 0 Å². The molecule has 1 aromatic rings. The third kappa shape index (κ3) is 3.73. The van der Waals surface area contributed by atoms with Crippen molar-refractivity contribution in [1.29, 1.82) is 0 Å². The second-order valence-electron chi connectivity index (χ2n) is 9.76. The van der Waals surface area contributed by atoms with Crippen LogP contribution < -0.4 is 0 Å². The summed E-state index contributed by atoms with van der Waals surface area (Å²) < 4.78 is 16.5. The quantitative estimate of drug-likeness (QED) is 0.594. The van der Waals surface area contributed by atoms with Gasteiger partial charge in [0, 0.05) is 25.3 Å². The Bertz CT molecular complexity index is 1070. The van der Waals surface area contributed by atoms with E-state index in [0.717, 1.165) is 61.3 Å². The molecule has 0 aliphatic carbocycles. The Kier molecular flexibility index (Phi) is 5.98. The number of hydrogen-bond donors (Lipinski definition) is 0. The number of benzene rings is 1. The van der Waals surface area contributed by atoms with Gasteiger partial charge in [-0.25, -0.2) is 9.59 Å². The van der Waals surface area contributed by atoms with E-state index >= 15 is 0 Å². The normalized spacial score (nSPS) is 23.0. The van der Waals surface area contributed by atoms with Crippen LogP contribution in [0, 0.1) is 12.3 Å². The molecular formula is C26H32N2O6. The standard InChI is InChI=1S/C26H32N2O6/c1-4-32-22(18-5-6-19-20(16(18)2)14-33-24(19)30)13-27-10-7-26(8-11-27)9-12-28(25(26)31)21-15-34-23(29)17(21)3/h5-6,22H,4,7-15H2,1-3H3/t22-/m0/s1. The Morgan fingerprint density at radius 2 is 1.71 bits per heavy atom. The van der Waals surface area contributed by atoms with Gasteiger partial charge in [-0.3, -0.25) is 4.79 Å². The van der Waals surface area contributed by atoms with Gasteiger partial charge in [0.25, 0.3) is 0 Å². The lowest BCUT2D eigenvalue weighted by atomic mass is 9.77.